The fraction of sp³-hybridized carbons (Fsp3) is 0.556. The van der Waals surface area contributed by atoms with Crippen LogP contribution >= 0.6 is 0 Å². The first-order valence-electron chi connectivity index (χ1n) is 3.99. The van der Waals surface area contributed by atoms with Gasteiger partial charge in [-0.2, -0.15) is 0 Å². The molecule has 0 spiro atoms. The van der Waals surface area contributed by atoms with Gasteiger partial charge in [-0.3, -0.25) is 9.59 Å². The molecule has 0 aromatic rings. The molecule has 66 valence electrons. The lowest BCUT2D eigenvalue weighted by atomic mass is 9.99. The van der Waals surface area contributed by atoms with Gasteiger partial charge in [-0.15, -0.1) is 0 Å². The van der Waals surface area contributed by atoms with Gasteiger partial charge in [-0.05, 0) is 20.3 Å². The molecule has 0 aromatic carbocycles. The summed E-state index contributed by atoms with van der Waals surface area (Å²) < 4.78 is 4.41. The Kier molecular flexibility index (Phi) is 2.63. The highest BCUT2D eigenvalue weighted by molar-refractivity contribution is 5.94. The van der Waals surface area contributed by atoms with E-state index in [0.29, 0.717) is 6.42 Å². The smallest absolute Gasteiger partial charge is 0.317 e. The van der Waals surface area contributed by atoms with Crippen LogP contribution in [0.3, 0.4) is 0 Å². The standard InChI is InChI=1S/C9H12O3/c1-3-6(2)4-7-5-8(10)12-9(7)11/h3,7H,4-5H2,1-2H3. The fourth-order valence-corrected chi connectivity index (χ4v) is 1.18. The number of rotatable bonds is 2. The van der Waals surface area contributed by atoms with Crippen molar-refractivity contribution in [2.75, 3.05) is 0 Å². The average molecular weight is 168 g/mol. The second kappa shape index (κ2) is 3.52. The summed E-state index contributed by atoms with van der Waals surface area (Å²) in [6, 6.07) is 0. The molecule has 0 radical (unpaired) electrons. The van der Waals surface area contributed by atoms with Gasteiger partial charge in [-0.1, -0.05) is 11.6 Å². The normalized spacial score (nSPS) is 24.5. The van der Waals surface area contributed by atoms with Crippen molar-refractivity contribution in [2.45, 2.75) is 26.7 Å². The van der Waals surface area contributed by atoms with E-state index in [-0.39, 0.29) is 18.3 Å². The van der Waals surface area contributed by atoms with Crippen LogP contribution in [0, 0.1) is 5.92 Å². The molecule has 1 heterocycles. The molecule has 1 unspecified atom stereocenters. The van der Waals surface area contributed by atoms with Gasteiger partial charge >= 0.3 is 11.9 Å². The third kappa shape index (κ3) is 1.94. The zero-order valence-corrected chi connectivity index (χ0v) is 7.29. The summed E-state index contributed by atoms with van der Waals surface area (Å²) in [6.45, 7) is 3.85. The molecule has 0 amide bonds. The molecule has 0 aromatic heterocycles. The molecule has 0 aliphatic carbocycles. The summed E-state index contributed by atoms with van der Waals surface area (Å²) in [7, 11) is 0. The number of hydrogen-bond donors (Lipinski definition) is 0. The second-order valence-corrected chi connectivity index (χ2v) is 3.03. The van der Waals surface area contributed by atoms with Crippen molar-refractivity contribution in [1.82, 2.24) is 0 Å². The summed E-state index contributed by atoms with van der Waals surface area (Å²) >= 11 is 0. The van der Waals surface area contributed by atoms with Crippen molar-refractivity contribution in [3.63, 3.8) is 0 Å². The summed E-state index contributed by atoms with van der Waals surface area (Å²) in [5, 5.41) is 0. The summed E-state index contributed by atoms with van der Waals surface area (Å²) in [5.74, 6) is -1.01. The monoisotopic (exact) mass is 168 g/mol. The lowest BCUT2D eigenvalue weighted by Gasteiger charge is -2.02. The molecule has 12 heavy (non-hydrogen) atoms. The Morgan fingerprint density at radius 2 is 2.33 bits per heavy atom. The molecule has 1 aliphatic heterocycles. The molecule has 3 nitrogen and oxygen atoms in total. The quantitative estimate of drug-likeness (QED) is 0.356. The predicted octanol–water partition coefficient (Wildman–Crippen LogP) is 1.43. The van der Waals surface area contributed by atoms with Gasteiger partial charge in [0.1, 0.15) is 0 Å². The number of ether oxygens (including phenoxy) is 1. The van der Waals surface area contributed by atoms with Gasteiger partial charge in [-0.25, -0.2) is 0 Å². The van der Waals surface area contributed by atoms with E-state index in [9.17, 15) is 9.59 Å². The number of carbonyl (C=O) groups is 2. The first kappa shape index (κ1) is 8.97. The van der Waals surface area contributed by atoms with Crippen LogP contribution in [0.15, 0.2) is 11.6 Å². The summed E-state index contributed by atoms with van der Waals surface area (Å²) in [5.41, 5.74) is 1.12. The van der Waals surface area contributed by atoms with E-state index in [1.807, 2.05) is 19.9 Å². The summed E-state index contributed by atoms with van der Waals surface area (Å²) in [4.78, 5) is 21.6. The van der Waals surface area contributed by atoms with Crippen molar-refractivity contribution in [1.29, 1.82) is 0 Å². The SMILES string of the molecule is CC=C(C)CC1CC(=O)OC1=O. The van der Waals surface area contributed by atoms with Crippen molar-refractivity contribution in [2.24, 2.45) is 5.92 Å². The fourth-order valence-electron chi connectivity index (χ4n) is 1.18. The zero-order chi connectivity index (χ0) is 9.14. The summed E-state index contributed by atoms with van der Waals surface area (Å²) in [6.07, 6.45) is 2.82. The third-order valence-corrected chi connectivity index (χ3v) is 2.02. The zero-order valence-electron chi connectivity index (χ0n) is 7.29. The third-order valence-electron chi connectivity index (χ3n) is 2.02. The van der Waals surface area contributed by atoms with Crippen LogP contribution in [-0.4, -0.2) is 11.9 Å². The first-order valence-corrected chi connectivity index (χ1v) is 3.99. The molecule has 0 bridgehead atoms. The molecular weight excluding hydrogens is 156 g/mol. The minimum Gasteiger partial charge on any atom is -0.393 e. The van der Waals surface area contributed by atoms with Crippen LogP contribution in [0.2, 0.25) is 0 Å². The molecule has 1 atom stereocenters. The molecular formula is C9H12O3. The Balaban J connectivity index is 2.54. The number of cyclic esters (lactones) is 2. The van der Waals surface area contributed by atoms with E-state index < -0.39 is 5.97 Å². The van der Waals surface area contributed by atoms with Gasteiger partial charge in [0.25, 0.3) is 0 Å². The van der Waals surface area contributed by atoms with E-state index in [2.05, 4.69) is 4.74 Å². The molecule has 0 saturated carbocycles. The molecule has 3 heteroatoms. The van der Waals surface area contributed by atoms with Crippen LogP contribution in [-0.2, 0) is 14.3 Å². The van der Waals surface area contributed by atoms with Gasteiger partial charge in [0, 0.05) is 0 Å². The topological polar surface area (TPSA) is 43.4 Å². The molecule has 1 fully saturated rings. The van der Waals surface area contributed by atoms with Crippen molar-refractivity contribution < 1.29 is 14.3 Å². The van der Waals surface area contributed by atoms with Gasteiger partial charge in [0.05, 0.1) is 12.3 Å². The maximum Gasteiger partial charge on any atom is 0.317 e. The minimum atomic E-state index is -0.395. The number of esters is 2. The highest BCUT2D eigenvalue weighted by Gasteiger charge is 2.32. The van der Waals surface area contributed by atoms with E-state index in [1.165, 1.54) is 0 Å². The van der Waals surface area contributed by atoms with E-state index in [1.54, 1.807) is 0 Å². The maximum atomic E-state index is 11.0. The van der Waals surface area contributed by atoms with Crippen LogP contribution in [0.5, 0.6) is 0 Å². The second-order valence-electron chi connectivity index (χ2n) is 3.03. The molecule has 1 rings (SSSR count). The van der Waals surface area contributed by atoms with Gasteiger partial charge < -0.3 is 4.74 Å². The van der Waals surface area contributed by atoms with Crippen LogP contribution in [0.25, 0.3) is 0 Å². The van der Waals surface area contributed by atoms with Crippen LogP contribution < -0.4 is 0 Å². The predicted molar refractivity (Wildman–Crippen MR) is 43.3 cm³/mol. The van der Waals surface area contributed by atoms with E-state index in [4.69, 9.17) is 0 Å². The largest absolute Gasteiger partial charge is 0.393 e. The Hall–Kier alpha value is -1.12. The highest BCUT2D eigenvalue weighted by Crippen LogP contribution is 2.22. The van der Waals surface area contributed by atoms with Crippen molar-refractivity contribution in [3.05, 3.63) is 11.6 Å². The van der Waals surface area contributed by atoms with E-state index in [0.717, 1.165) is 5.57 Å². The number of carbonyl (C=O) groups excluding carboxylic acids is 2. The Morgan fingerprint density at radius 1 is 1.67 bits per heavy atom. The molecule has 1 saturated heterocycles. The van der Waals surface area contributed by atoms with Gasteiger partial charge in [0.15, 0.2) is 0 Å². The lowest BCUT2D eigenvalue weighted by Crippen LogP contribution is -2.07. The van der Waals surface area contributed by atoms with Crippen LogP contribution in [0.1, 0.15) is 26.7 Å². The molecule has 0 N–H and O–H groups in total. The maximum absolute atomic E-state index is 11.0. The number of allylic oxidation sites excluding steroid dienone is 2. The Bertz CT molecular complexity index is 240. The molecule has 1 aliphatic rings. The first-order chi connectivity index (χ1) is 5.63. The average Bonchev–Trinajstić information content (AvgIpc) is 2.30. The lowest BCUT2D eigenvalue weighted by molar-refractivity contribution is -0.153. The Morgan fingerprint density at radius 3 is 2.75 bits per heavy atom. The Labute approximate surface area is 71.4 Å². The number of hydrogen-bond acceptors (Lipinski definition) is 3. The highest BCUT2D eigenvalue weighted by atomic mass is 16.6. The van der Waals surface area contributed by atoms with Crippen LogP contribution in [0.4, 0.5) is 0 Å². The van der Waals surface area contributed by atoms with Crippen molar-refractivity contribution in [3.8, 4) is 0 Å². The van der Waals surface area contributed by atoms with Gasteiger partial charge in [0.2, 0.25) is 0 Å². The van der Waals surface area contributed by atoms with E-state index >= 15 is 0 Å². The van der Waals surface area contributed by atoms with Crippen molar-refractivity contribution >= 4 is 11.9 Å². The minimum absolute atomic E-state index is 0.240.